The fourth-order valence-corrected chi connectivity index (χ4v) is 3.64. The minimum Gasteiger partial charge on any atom is -0.354 e. The molecule has 0 saturated heterocycles. The minimum absolute atomic E-state index is 0.177. The zero-order chi connectivity index (χ0) is 20.5. The summed E-state index contributed by atoms with van der Waals surface area (Å²) in [6.45, 7) is 0. The molecule has 0 unspecified atom stereocenters. The molecule has 0 amide bonds. The number of hydrogen-bond acceptors (Lipinski definition) is 6. The summed E-state index contributed by atoms with van der Waals surface area (Å²) >= 11 is 0. The van der Waals surface area contributed by atoms with Gasteiger partial charge in [0.1, 0.15) is 0 Å². The van der Waals surface area contributed by atoms with Crippen LogP contribution in [0.5, 0.6) is 0 Å². The van der Waals surface area contributed by atoms with E-state index in [1.54, 1.807) is 73.3 Å². The van der Waals surface area contributed by atoms with E-state index in [2.05, 4.69) is 20.6 Å². The van der Waals surface area contributed by atoms with Crippen molar-refractivity contribution >= 4 is 34.3 Å². The largest absolute Gasteiger partial charge is 0.354 e. The first-order chi connectivity index (χ1) is 14.7. The second kappa shape index (κ2) is 7.25. The highest BCUT2D eigenvalue weighted by Gasteiger charge is 2.33. The maximum absolute atomic E-state index is 13.6. The molecule has 0 radical (unpaired) electrons. The highest BCUT2D eigenvalue weighted by molar-refractivity contribution is 6.32. The zero-order valence-electron chi connectivity index (χ0n) is 15.8. The number of pyridine rings is 2. The van der Waals surface area contributed by atoms with Gasteiger partial charge in [0, 0.05) is 23.5 Å². The Morgan fingerprint density at radius 3 is 1.50 bits per heavy atom. The minimum atomic E-state index is -0.210. The molecule has 0 saturated carbocycles. The van der Waals surface area contributed by atoms with E-state index in [1.807, 2.05) is 12.1 Å². The lowest BCUT2D eigenvalue weighted by molar-refractivity contribution is 0.0980. The summed E-state index contributed by atoms with van der Waals surface area (Å²) in [5.74, 6) is -0.386. The fraction of sp³-hybridized carbons (Fsp3) is 0. The van der Waals surface area contributed by atoms with Crippen molar-refractivity contribution in [1.29, 1.82) is 0 Å². The molecule has 6 nitrogen and oxygen atoms in total. The summed E-state index contributed by atoms with van der Waals surface area (Å²) in [4.78, 5) is 35.0. The third kappa shape index (κ3) is 3.00. The Hall–Kier alpha value is -4.32. The molecule has 0 fully saturated rings. The van der Waals surface area contributed by atoms with Crippen LogP contribution in [0.25, 0.3) is 0 Å². The number of carbonyl (C=O) groups is 2. The van der Waals surface area contributed by atoms with E-state index < -0.39 is 0 Å². The first-order valence-electron chi connectivity index (χ1n) is 9.42. The predicted molar refractivity (Wildman–Crippen MR) is 115 cm³/mol. The average Bonchev–Trinajstić information content (AvgIpc) is 2.79. The van der Waals surface area contributed by atoms with Gasteiger partial charge < -0.3 is 10.6 Å². The Morgan fingerprint density at radius 1 is 0.567 bits per heavy atom. The summed E-state index contributed by atoms with van der Waals surface area (Å²) in [6.07, 6.45) is 6.68. The van der Waals surface area contributed by atoms with Gasteiger partial charge in [-0.05, 0) is 36.4 Å². The number of rotatable bonds is 4. The molecule has 2 heterocycles. The summed E-state index contributed by atoms with van der Waals surface area (Å²) in [6, 6.07) is 17.8. The van der Waals surface area contributed by atoms with Gasteiger partial charge >= 0.3 is 0 Å². The number of hydrogen-bond donors (Lipinski definition) is 2. The Balaban J connectivity index is 1.62. The van der Waals surface area contributed by atoms with Gasteiger partial charge in [-0.15, -0.1) is 0 Å². The smallest absolute Gasteiger partial charge is 0.198 e. The first kappa shape index (κ1) is 17.8. The number of anilines is 4. The normalized spacial score (nSPS) is 12.1. The van der Waals surface area contributed by atoms with Crippen molar-refractivity contribution in [2.24, 2.45) is 0 Å². The van der Waals surface area contributed by atoms with Gasteiger partial charge in [-0.2, -0.15) is 0 Å². The van der Waals surface area contributed by atoms with Crippen LogP contribution >= 0.6 is 0 Å². The van der Waals surface area contributed by atoms with Crippen molar-refractivity contribution in [3.05, 3.63) is 108 Å². The number of aromatic nitrogens is 2. The van der Waals surface area contributed by atoms with Crippen molar-refractivity contribution < 1.29 is 9.59 Å². The molecule has 144 valence electrons. The Bertz CT molecular complexity index is 1170. The molecular formula is C24H16N4O2. The molecule has 6 heteroatoms. The molecule has 0 aliphatic heterocycles. The summed E-state index contributed by atoms with van der Waals surface area (Å²) in [5, 5.41) is 6.43. The molecule has 0 bridgehead atoms. The van der Waals surface area contributed by atoms with Gasteiger partial charge in [-0.3, -0.25) is 19.6 Å². The van der Waals surface area contributed by atoms with Crippen molar-refractivity contribution in [2.75, 3.05) is 10.6 Å². The van der Waals surface area contributed by atoms with Crippen molar-refractivity contribution in [1.82, 2.24) is 9.97 Å². The summed E-state index contributed by atoms with van der Waals surface area (Å²) in [7, 11) is 0. The molecule has 0 atom stereocenters. The lowest BCUT2D eigenvalue weighted by Crippen LogP contribution is -2.23. The third-order valence-electron chi connectivity index (χ3n) is 4.95. The van der Waals surface area contributed by atoms with Gasteiger partial charge in [0.25, 0.3) is 0 Å². The number of benzene rings is 2. The maximum atomic E-state index is 13.6. The fourth-order valence-electron chi connectivity index (χ4n) is 3.64. The second-order valence-corrected chi connectivity index (χ2v) is 6.85. The topological polar surface area (TPSA) is 84.0 Å². The van der Waals surface area contributed by atoms with E-state index in [9.17, 15) is 9.59 Å². The van der Waals surface area contributed by atoms with Crippen molar-refractivity contribution in [3.8, 4) is 0 Å². The van der Waals surface area contributed by atoms with Gasteiger partial charge in [-0.25, -0.2) is 0 Å². The Kier molecular flexibility index (Phi) is 4.29. The Morgan fingerprint density at radius 2 is 1.07 bits per heavy atom. The van der Waals surface area contributed by atoms with Crippen molar-refractivity contribution in [3.63, 3.8) is 0 Å². The lowest BCUT2D eigenvalue weighted by atomic mass is 9.82. The molecule has 2 aromatic carbocycles. The zero-order valence-corrected chi connectivity index (χ0v) is 15.8. The highest BCUT2D eigenvalue weighted by Crippen LogP contribution is 2.37. The molecule has 4 aromatic rings. The van der Waals surface area contributed by atoms with Crippen LogP contribution < -0.4 is 10.6 Å². The van der Waals surface area contributed by atoms with Crippen LogP contribution in [0.4, 0.5) is 22.7 Å². The SMILES string of the molecule is O=C1c2cccc(Nc3cccnc3)c2C(=O)c2c(Nc3cccnc3)cccc21. The quantitative estimate of drug-likeness (QED) is 0.460. The summed E-state index contributed by atoms with van der Waals surface area (Å²) < 4.78 is 0. The lowest BCUT2D eigenvalue weighted by Gasteiger charge is -2.23. The molecule has 0 spiro atoms. The van der Waals surface area contributed by atoms with E-state index in [-0.39, 0.29) is 11.6 Å². The van der Waals surface area contributed by atoms with E-state index in [0.29, 0.717) is 33.6 Å². The number of nitrogens with zero attached hydrogens (tertiary/aromatic N) is 2. The molecule has 1 aliphatic carbocycles. The third-order valence-corrected chi connectivity index (χ3v) is 4.95. The van der Waals surface area contributed by atoms with E-state index >= 15 is 0 Å². The predicted octanol–water partition coefficient (Wildman–Crippen LogP) is 4.74. The van der Waals surface area contributed by atoms with Crippen molar-refractivity contribution in [2.45, 2.75) is 0 Å². The monoisotopic (exact) mass is 392 g/mol. The first-order valence-corrected chi connectivity index (χ1v) is 9.42. The van der Waals surface area contributed by atoms with Gasteiger partial charge in [0.05, 0.1) is 46.3 Å². The van der Waals surface area contributed by atoms with Gasteiger partial charge in [0.15, 0.2) is 11.6 Å². The molecule has 30 heavy (non-hydrogen) atoms. The number of nitrogens with one attached hydrogen (secondary N) is 2. The van der Waals surface area contributed by atoms with Crippen LogP contribution in [0.15, 0.2) is 85.5 Å². The molecular weight excluding hydrogens is 376 g/mol. The van der Waals surface area contributed by atoms with Crippen LogP contribution in [0.1, 0.15) is 31.8 Å². The number of carbonyl (C=O) groups excluding carboxylic acids is 2. The van der Waals surface area contributed by atoms with Crippen LogP contribution in [-0.4, -0.2) is 21.5 Å². The van der Waals surface area contributed by atoms with Crippen LogP contribution in [0.3, 0.4) is 0 Å². The molecule has 1 aliphatic rings. The molecule has 2 N–H and O–H groups in total. The molecule has 2 aromatic heterocycles. The standard InChI is InChI=1S/C24H16N4O2/c29-23-17-7-1-9-19(27-15-5-3-11-25-13-15)21(17)24(30)22-18(23)8-2-10-20(22)28-16-6-4-12-26-14-16/h1-14,27-28H. The summed E-state index contributed by atoms with van der Waals surface area (Å²) in [5.41, 5.74) is 4.11. The Labute approximate surface area is 172 Å². The van der Waals surface area contributed by atoms with E-state index in [1.165, 1.54) is 0 Å². The number of fused-ring (bicyclic) bond motifs is 2. The van der Waals surface area contributed by atoms with Crippen LogP contribution in [-0.2, 0) is 0 Å². The number of ketones is 2. The highest BCUT2D eigenvalue weighted by atomic mass is 16.1. The second-order valence-electron chi connectivity index (χ2n) is 6.85. The maximum Gasteiger partial charge on any atom is 0.198 e. The van der Waals surface area contributed by atoms with E-state index in [4.69, 9.17) is 0 Å². The van der Waals surface area contributed by atoms with Gasteiger partial charge in [0.2, 0.25) is 0 Å². The molecule has 5 rings (SSSR count). The van der Waals surface area contributed by atoms with Crippen LogP contribution in [0, 0.1) is 0 Å². The van der Waals surface area contributed by atoms with Crippen LogP contribution in [0.2, 0.25) is 0 Å². The van der Waals surface area contributed by atoms with Gasteiger partial charge in [-0.1, -0.05) is 24.3 Å². The van der Waals surface area contributed by atoms with E-state index in [0.717, 1.165) is 11.4 Å². The average molecular weight is 392 g/mol.